The highest BCUT2D eigenvalue weighted by Crippen LogP contribution is 2.11. The van der Waals surface area contributed by atoms with Gasteiger partial charge in [-0.2, -0.15) is 0 Å². The van der Waals surface area contributed by atoms with E-state index >= 15 is 0 Å². The third kappa shape index (κ3) is 1.70. The molecule has 0 spiro atoms. The highest BCUT2D eigenvalue weighted by atomic mass is 35.5. The van der Waals surface area contributed by atoms with E-state index in [9.17, 15) is 4.79 Å². The second-order valence-electron chi connectivity index (χ2n) is 2.71. The number of halogens is 1. The number of aromatic amines is 1. The van der Waals surface area contributed by atoms with Crippen LogP contribution in [0.25, 0.3) is 10.9 Å². The maximum Gasteiger partial charge on any atom is 0.269 e. The number of carbonyl (C=O) groups is 1. The summed E-state index contributed by atoms with van der Waals surface area (Å²) in [6.45, 7) is 0. The van der Waals surface area contributed by atoms with E-state index in [0.29, 0.717) is 5.69 Å². The van der Waals surface area contributed by atoms with Crippen molar-refractivity contribution in [2.24, 2.45) is 0 Å². The van der Waals surface area contributed by atoms with Crippen LogP contribution in [-0.2, 0) is 0 Å². The molecule has 2 rings (SSSR count). The third-order valence-corrected chi connectivity index (χ3v) is 1.90. The number of rotatable bonds is 1. The summed E-state index contributed by atoms with van der Waals surface area (Å²) in [6.07, 6.45) is 3.47. The summed E-state index contributed by atoms with van der Waals surface area (Å²) in [6, 6.07) is 3.66. The Morgan fingerprint density at radius 1 is 1.57 bits per heavy atom. The predicted octanol–water partition coefficient (Wildman–Crippen LogP) is 1.34. The molecule has 2 N–H and O–H groups in total. The zero-order chi connectivity index (χ0) is 9.26. The van der Waals surface area contributed by atoms with Crippen molar-refractivity contribution in [1.82, 2.24) is 15.3 Å². The molecule has 0 unspecified atom stereocenters. The topological polar surface area (TPSA) is 57.8 Å². The van der Waals surface area contributed by atoms with E-state index in [1.165, 1.54) is 0 Å². The highest BCUT2D eigenvalue weighted by molar-refractivity contribution is 5.95. The molecule has 0 aliphatic heterocycles. The maximum absolute atomic E-state index is 11.2. The maximum atomic E-state index is 11.2. The Bertz CT molecular complexity index is 452. The normalized spacial score (nSPS) is 9.50. The van der Waals surface area contributed by atoms with Gasteiger partial charge in [-0.25, -0.2) is 4.98 Å². The first-order chi connectivity index (χ1) is 6.31. The van der Waals surface area contributed by atoms with E-state index in [-0.39, 0.29) is 18.3 Å². The van der Waals surface area contributed by atoms with Gasteiger partial charge in [0, 0.05) is 18.6 Å². The van der Waals surface area contributed by atoms with E-state index in [4.69, 9.17) is 0 Å². The van der Waals surface area contributed by atoms with E-state index in [1.807, 2.05) is 12.3 Å². The van der Waals surface area contributed by atoms with Gasteiger partial charge in [0.25, 0.3) is 5.91 Å². The van der Waals surface area contributed by atoms with Crippen LogP contribution in [0.5, 0.6) is 0 Å². The number of hydrogen-bond acceptors (Lipinski definition) is 2. The minimum atomic E-state index is -0.164. The van der Waals surface area contributed by atoms with Crippen LogP contribution >= 0.6 is 12.4 Å². The fourth-order valence-electron chi connectivity index (χ4n) is 1.20. The Balaban J connectivity index is 0.000000980. The smallest absolute Gasteiger partial charge is 0.269 e. The lowest BCUT2D eigenvalue weighted by Gasteiger charge is -1.97. The standard InChI is InChI=1S/C9H9N3O.ClH/c1-10-9(13)7-4-6-2-3-11-8(6)5-12-7;/h2-5,11H,1H3,(H,10,13);1H. The summed E-state index contributed by atoms with van der Waals surface area (Å²) < 4.78 is 0. The first kappa shape index (κ1) is 10.5. The van der Waals surface area contributed by atoms with Gasteiger partial charge >= 0.3 is 0 Å². The second-order valence-corrected chi connectivity index (χ2v) is 2.71. The fourth-order valence-corrected chi connectivity index (χ4v) is 1.20. The van der Waals surface area contributed by atoms with E-state index in [1.54, 1.807) is 19.3 Å². The van der Waals surface area contributed by atoms with Crippen molar-refractivity contribution < 1.29 is 4.79 Å². The molecule has 0 aliphatic rings. The number of H-pyrrole nitrogens is 1. The molecule has 4 nitrogen and oxygen atoms in total. The number of hydrogen-bond donors (Lipinski definition) is 2. The number of amides is 1. The Morgan fingerprint density at radius 3 is 3.07 bits per heavy atom. The number of nitrogens with zero attached hydrogens (tertiary/aromatic N) is 1. The Labute approximate surface area is 87.1 Å². The van der Waals surface area contributed by atoms with Gasteiger partial charge in [0.1, 0.15) is 5.69 Å². The van der Waals surface area contributed by atoms with E-state index < -0.39 is 0 Å². The minimum absolute atomic E-state index is 0. The van der Waals surface area contributed by atoms with Gasteiger partial charge in [-0.05, 0) is 12.1 Å². The van der Waals surface area contributed by atoms with Gasteiger partial charge in [-0.3, -0.25) is 4.79 Å². The second kappa shape index (κ2) is 4.11. The van der Waals surface area contributed by atoms with Crippen LogP contribution in [0, 0.1) is 0 Å². The molecule has 0 aromatic carbocycles. The predicted molar refractivity (Wildman–Crippen MR) is 56.7 cm³/mol. The van der Waals surface area contributed by atoms with Crippen molar-refractivity contribution in [2.45, 2.75) is 0 Å². The quantitative estimate of drug-likeness (QED) is 0.748. The van der Waals surface area contributed by atoms with Crippen LogP contribution < -0.4 is 5.32 Å². The summed E-state index contributed by atoms with van der Waals surface area (Å²) in [7, 11) is 1.59. The SMILES string of the molecule is CNC(=O)c1cc2cc[nH]c2cn1.Cl. The first-order valence-corrected chi connectivity index (χ1v) is 3.96. The van der Waals surface area contributed by atoms with E-state index in [0.717, 1.165) is 10.9 Å². The van der Waals surface area contributed by atoms with Crippen molar-refractivity contribution >= 4 is 29.2 Å². The third-order valence-electron chi connectivity index (χ3n) is 1.90. The van der Waals surface area contributed by atoms with Crippen LogP contribution in [0.2, 0.25) is 0 Å². The number of fused-ring (bicyclic) bond motifs is 1. The highest BCUT2D eigenvalue weighted by Gasteiger charge is 2.05. The molecule has 14 heavy (non-hydrogen) atoms. The molecule has 1 amide bonds. The average molecular weight is 212 g/mol. The van der Waals surface area contributed by atoms with E-state index in [2.05, 4.69) is 15.3 Å². The van der Waals surface area contributed by atoms with Gasteiger partial charge in [-0.15, -0.1) is 12.4 Å². The lowest BCUT2D eigenvalue weighted by molar-refractivity contribution is 0.0958. The summed E-state index contributed by atoms with van der Waals surface area (Å²) in [5.74, 6) is -0.164. The molecule has 0 atom stereocenters. The molecular formula is C9H10ClN3O. The molecule has 0 saturated heterocycles. The Hall–Kier alpha value is -1.55. The summed E-state index contributed by atoms with van der Waals surface area (Å²) in [5.41, 5.74) is 1.38. The van der Waals surface area contributed by atoms with Crippen LogP contribution in [0.4, 0.5) is 0 Å². The van der Waals surface area contributed by atoms with Gasteiger partial charge in [0.05, 0.1) is 11.7 Å². The molecule has 0 fully saturated rings. The molecule has 74 valence electrons. The van der Waals surface area contributed by atoms with Crippen LogP contribution in [0.15, 0.2) is 24.5 Å². The Kier molecular flexibility index (Phi) is 3.09. The molecule has 0 radical (unpaired) electrons. The van der Waals surface area contributed by atoms with Crippen molar-refractivity contribution in [3.8, 4) is 0 Å². The van der Waals surface area contributed by atoms with Crippen LogP contribution in [-0.4, -0.2) is 22.9 Å². The lowest BCUT2D eigenvalue weighted by Crippen LogP contribution is -2.18. The minimum Gasteiger partial charge on any atom is -0.360 e. The molecule has 2 aromatic rings. The van der Waals surface area contributed by atoms with Crippen molar-refractivity contribution in [1.29, 1.82) is 0 Å². The van der Waals surface area contributed by atoms with Crippen LogP contribution in [0.1, 0.15) is 10.5 Å². The number of carbonyl (C=O) groups excluding carboxylic acids is 1. The van der Waals surface area contributed by atoms with Gasteiger partial charge in [0.2, 0.25) is 0 Å². The average Bonchev–Trinajstić information content (AvgIpc) is 2.63. The molecule has 5 heteroatoms. The van der Waals surface area contributed by atoms with Gasteiger partial charge in [0.15, 0.2) is 0 Å². The number of aromatic nitrogens is 2. The summed E-state index contributed by atoms with van der Waals surface area (Å²) in [4.78, 5) is 18.2. The van der Waals surface area contributed by atoms with Crippen molar-refractivity contribution in [2.75, 3.05) is 7.05 Å². The zero-order valence-corrected chi connectivity index (χ0v) is 8.39. The molecule has 0 aliphatic carbocycles. The monoisotopic (exact) mass is 211 g/mol. The van der Waals surface area contributed by atoms with Gasteiger partial charge in [-0.1, -0.05) is 0 Å². The molecule has 0 bridgehead atoms. The number of nitrogens with one attached hydrogen (secondary N) is 2. The molecule has 2 aromatic heterocycles. The molecule has 2 heterocycles. The van der Waals surface area contributed by atoms with Crippen LogP contribution in [0.3, 0.4) is 0 Å². The van der Waals surface area contributed by atoms with Gasteiger partial charge < -0.3 is 10.3 Å². The largest absolute Gasteiger partial charge is 0.360 e. The lowest BCUT2D eigenvalue weighted by atomic mass is 10.2. The van der Waals surface area contributed by atoms with Crippen molar-refractivity contribution in [3.05, 3.63) is 30.2 Å². The first-order valence-electron chi connectivity index (χ1n) is 3.96. The Morgan fingerprint density at radius 2 is 2.36 bits per heavy atom. The summed E-state index contributed by atoms with van der Waals surface area (Å²) >= 11 is 0. The zero-order valence-electron chi connectivity index (χ0n) is 7.57. The molecular weight excluding hydrogens is 202 g/mol. The fraction of sp³-hybridized carbons (Fsp3) is 0.111. The number of pyridine rings is 1. The molecule has 0 saturated carbocycles. The van der Waals surface area contributed by atoms with Crippen molar-refractivity contribution in [3.63, 3.8) is 0 Å². The summed E-state index contributed by atoms with van der Waals surface area (Å²) in [5, 5.41) is 3.52.